The predicted molar refractivity (Wildman–Crippen MR) is 131 cm³/mol. The molecule has 1 heterocycles. The molecule has 0 bridgehead atoms. The maximum absolute atomic E-state index is 13.3. The van der Waals surface area contributed by atoms with Crippen LogP contribution in [0.15, 0.2) is 54.6 Å². The lowest BCUT2D eigenvalue weighted by molar-refractivity contribution is -0.136. The maximum atomic E-state index is 13.3. The van der Waals surface area contributed by atoms with Gasteiger partial charge < -0.3 is 15.2 Å². The molecular formula is C28H35N2O2-. The molecule has 0 N–H and O–H groups in total. The van der Waals surface area contributed by atoms with Gasteiger partial charge in [-0.1, -0.05) is 54.6 Å². The Hall–Kier alpha value is -2.43. The van der Waals surface area contributed by atoms with Gasteiger partial charge in [0, 0.05) is 24.7 Å². The molecule has 1 saturated heterocycles. The van der Waals surface area contributed by atoms with Crippen molar-refractivity contribution in [3.63, 3.8) is 0 Å². The summed E-state index contributed by atoms with van der Waals surface area (Å²) in [5.74, 6) is -0.214. The van der Waals surface area contributed by atoms with Gasteiger partial charge in [-0.15, -0.1) is 0 Å². The van der Waals surface area contributed by atoms with Crippen molar-refractivity contribution in [2.75, 3.05) is 13.6 Å². The first kappa shape index (κ1) is 22.8. The number of benzene rings is 2. The van der Waals surface area contributed by atoms with Gasteiger partial charge in [-0.25, -0.2) is 0 Å². The zero-order chi connectivity index (χ0) is 23.1. The average molecular weight is 432 g/mol. The second-order valence-electron chi connectivity index (χ2n) is 10.5. The monoisotopic (exact) mass is 431 g/mol. The summed E-state index contributed by atoms with van der Waals surface area (Å²) in [5.41, 5.74) is 5.42. The van der Waals surface area contributed by atoms with Crippen LogP contribution < -0.4 is 0 Å². The zero-order valence-corrected chi connectivity index (χ0v) is 20.0. The topological polar surface area (TPSA) is 46.6 Å². The van der Waals surface area contributed by atoms with Crippen LogP contribution in [0.3, 0.4) is 0 Å². The number of aryl methyl sites for hydroxylation is 2. The lowest BCUT2D eigenvalue weighted by Crippen LogP contribution is -2.48. The summed E-state index contributed by atoms with van der Waals surface area (Å²) in [6.07, 6.45) is 5.74. The second kappa shape index (κ2) is 8.49. The van der Waals surface area contributed by atoms with Crippen LogP contribution in [-0.2, 0) is 17.6 Å². The van der Waals surface area contributed by atoms with Gasteiger partial charge in [0.05, 0.1) is 5.92 Å². The Labute approximate surface area is 192 Å². The van der Waals surface area contributed by atoms with Gasteiger partial charge in [0.1, 0.15) is 0 Å². The van der Waals surface area contributed by atoms with Crippen molar-refractivity contribution < 1.29 is 4.79 Å². The number of nitrogens with zero attached hydrogens (tertiary/aromatic N) is 2. The van der Waals surface area contributed by atoms with Crippen LogP contribution in [0.25, 0.3) is 5.57 Å². The maximum Gasteiger partial charge on any atom is 0.227 e. The van der Waals surface area contributed by atoms with Crippen LogP contribution in [0.5, 0.6) is 0 Å². The number of hydrogen-bond donors (Lipinski definition) is 0. The van der Waals surface area contributed by atoms with Gasteiger partial charge in [0.2, 0.25) is 5.91 Å². The summed E-state index contributed by atoms with van der Waals surface area (Å²) in [6, 6.07) is 17.3. The molecule has 32 heavy (non-hydrogen) atoms. The standard InChI is InChI=1S/C28H35N2O2/c1-27(2)19-25(28(3,4)30(27)32)26(31)29(5)18-10-15-24-22-13-8-6-11-20(22)16-17-21-12-7-9-14-23(21)24/h6-9,11-15,25H,10,16-19H2,1-5H3/q-1. The van der Waals surface area contributed by atoms with Crippen LogP contribution in [-0.4, -0.2) is 40.5 Å². The highest BCUT2D eigenvalue weighted by Gasteiger charge is 2.50. The minimum atomic E-state index is -0.688. The molecule has 2 aromatic rings. The third-order valence-electron chi connectivity index (χ3n) is 7.40. The molecule has 4 rings (SSSR count). The SMILES string of the molecule is CN(CCC=C1c2ccccc2CCc2ccccc21)C(=O)C1CC(C)(C)N([O-])C1(C)C. The minimum Gasteiger partial charge on any atom is -0.784 e. The summed E-state index contributed by atoms with van der Waals surface area (Å²) >= 11 is 0. The lowest BCUT2D eigenvalue weighted by atomic mass is 9.86. The summed E-state index contributed by atoms with van der Waals surface area (Å²) in [5, 5.41) is 13.8. The first-order valence-corrected chi connectivity index (χ1v) is 11.7. The van der Waals surface area contributed by atoms with E-state index in [2.05, 4.69) is 54.6 Å². The van der Waals surface area contributed by atoms with E-state index in [-0.39, 0.29) is 11.8 Å². The number of hydroxylamine groups is 2. The normalized spacial score (nSPS) is 21.4. The van der Waals surface area contributed by atoms with Crippen LogP contribution in [0.4, 0.5) is 0 Å². The molecule has 1 unspecified atom stereocenters. The average Bonchev–Trinajstić information content (AvgIpc) is 2.88. The van der Waals surface area contributed by atoms with Gasteiger partial charge >= 0.3 is 0 Å². The highest BCUT2D eigenvalue weighted by atomic mass is 16.5. The summed E-state index contributed by atoms with van der Waals surface area (Å²) in [7, 11) is 1.87. The predicted octanol–water partition coefficient (Wildman–Crippen LogP) is 5.44. The number of amides is 1. The fourth-order valence-corrected chi connectivity index (χ4v) is 5.56. The van der Waals surface area contributed by atoms with Gasteiger partial charge in [-0.05, 0) is 81.2 Å². The highest BCUT2D eigenvalue weighted by Crippen LogP contribution is 2.44. The van der Waals surface area contributed by atoms with E-state index in [0.717, 1.165) is 24.3 Å². The molecule has 0 spiro atoms. The van der Waals surface area contributed by atoms with Crippen molar-refractivity contribution >= 4 is 11.5 Å². The van der Waals surface area contributed by atoms with Crippen molar-refractivity contribution in [2.24, 2.45) is 5.92 Å². The molecule has 1 aliphatic heterocycles. The van der Waals surface area contributed by atoms with Gasteiger partial charge in [-0.2, -0.15) is 0 Å². The summed E-state index contributed by atoms with van der Waals surface area (Å²) < 4.78 is 0. The molecule has 1 aliphatic carbocycles. The Balaban J connectivity index is 1.54. The Kier molecular flexibility index (Phi) is 6.04. The highest BCUT2D eigenvalue weighted by molar-refractivity contribution is 5.84. The zero-order valence-electron chi connectivity index (χ0n) is 20.0. The lowest BCUT2D eigenvalue weighted by Gasteiger charge is -2.47. The number of hydrogen-bond acceptors (Lipinski definition) is 3. The molecule has 2 aromatic carbocycles. The Morgan fingerprint density at radius 2 is 1.56 bits per heavy atom. The second-order valence-corrected chi connectivity index (χ2v) is 10.5. The number of fused-ring (bicyclic) bond motifs is 2. The Morgan fingerprint density at radius 3 is 2.06 bits per heavy atom. The molecule has 4 nitrogen and oxygen atoms in total. The van der Waals surface area contributed by atoms with Crippen molar-refractivity contribution in [3.8, 4) is 0 Å². The minimum absolute atomic E-state index is 0.0708. The third kappa shape index (κ3) is 4.02. The summed E-state index contributed by atoms with van der Waals surface area (Å²) in [6.45, 7) is 8.29. The van der Waals surface area contributed by atoms with Crippen molar-refractivity contribution in [2.45, 2.75) is 64.5 Å². The largest absolute Gasteiger partial charge is 0.784 e. The van der Waals surface area contributed by atoms with E-state index in [1.807, 2.05) is 39.6 Å². The smallest absolute Gasteiger partial charge is 0.227 e. The van der Waals surface area contributed by atoms with Crippen LogP contribution in [0.2, 0.25) is 0 Å². The Morgan fingerprint density at radius 1 is 1.03 bits per heavy atom. The van der Waals surface area contributed by atoms with E-state index in [1.54, 1.807) is 0 Å². The molecule has 1 atom stereocenters. The fraction of sp³-hybridized carbons (Fsp3) is 0.464. The van der Waals surface area contributed by atoms with Crippen LogP contribution in [0.1, 0.15) is 62.8 Å². The van der Waals surface area contributed by atoms with E-state index in [4.69, 9.17) is 0 Å². The third-order valence-corrected chi connectivity index (χ3v) is 7.40. The molecule has 0 radical (unpaired) electrons. The first-order valence-electron chi connectivity index (χ1n) is 11.7. The quantitative estimate of drug-likeness (QED) is 0.647. The van der Waals surface area contributed by atoms with E-state index in [9.17, 15) is 10.0 Å². The van der Waals surface area contributed by atoms with Crippen LogP contribution >= 0.6 is 0 Å². The van der Waals surface area contributed by atoms with E-state index >= 15 is 0 Å². The van der Waals surface area contributed by atoms with E-state index in [0.29, 0.717) is 13.0 Å². The number of carbonyl (C=O) groups excluding carboxylic acids is 1. The molecule has 170 valence electrons. The molecule has 1 fully saturated rings. The number of rotatable bonds is 4. The molecule has 4 heteroatoms. The summed E-state index contributed by atoms with van der Waals surface area (Å²) in [4.78, 5) is 15.1. The van der Waals surface area contributed by atoms with Crippen molar-refractivity contribution in [1.29, 1.82) is 0 Å². The van der Waals surface area contributed by atoms with E-state index in [1.165, 1.54) is 27.8 Å². The molecule has 2 aliphatic rings. The van der Waals surface area contributed by atoms with Crippen molar-refractivity contribution in [3.05, 3.63) is 82.1 Å². The molecule has 0 saturated carbocycles. The number of carbonyl (C=O) groups is 1. The molecule has 0 aromatic heterocycles. The van der Waals surface area contributed by atoms with Crippen molar-refractivity contribution in [1.82, 2.24) is 9.96 Å². The first-order chi connectivity index (χ1) is 15.1. The fourth-order valence-electron chi connectivity index (χ4n) is 5.56. The molecule has 1 amide bonds. The van der Waals surface area contributed by atoms with Gasteiger partial charge in [0.25, 0.3) is 0 Å². The van der Waals surface area contributed by atoms with Crippen LogP contribution in [0, 0.1) is 11.1 Å². The van der Waals surface area contributed by atoms with Gasteiger partial charge in [0.15, 0.2) is 0 Å². The Bertz CT molecular complexity index is 988. The van der Waals surface area contributed by atoms with E-state index < -0.39 is 11.1 Å². The van der Waals surface area contributed by atoms with Gasteiger partial charge in [-0.3, -0.25) is 4.79 Å². The molecular weight excluding hydrogens is 396 g/mol.